The maximum absolute atomic E-state index is 5.81. The summed E-state index contributed by atoms with van der Waals surface area (Å²) in [4.78, 5) is 10.6. The van der Waals surface area contributed by atoms with Crippen molar-refractivity contribution in [2.45, 2.75) is 13.0 Å². The third-order valence-corrected chi connectivity index (χ3v) is 3.12. The predicted octanol–water partition coefficient (Wildman–Crippen LogP) is 2.26. The van der Waals surface area contributed by atoms with Crippen molar-refractivity contribution >= 4 is 11.6 Å². The lowest BCUT2D eigenvalue weighted by molar-refractivity contribution is 0.396. The van der Waals surface area contributed by atoms with Crippen LogP contribution in [-0.2, 0) is 0 Å². The quantitative estimate of drug-likeness (QED) is 0.852. The van der Waals surface area contributed by atoms with Crippen LogP contribution in [0.2, 0.25) is 0 Å². The van der Waals surface area contributed by atoms with E-state index in [9.17, 15) is 0 Å². The number of anilines is 2. The van der Waals surface area contributed by atoms with Gasteiger partial charge in [-0.25, -0.2) is 4.98 Å². The van der Waals surface area contributed by atoms with Crippen LogP contribution in [0.3, 0.4) is 0 Å². The maximum Gasteiger partial charge on any atom is 0.228 e. The fourth-order valence-electron chi connectivity index (χ4n) is 1.83. The van der Waals surface area contributed by atoms with Crippen LogP contribution in [0.1, 0.15) is 18.5 Å². The zero-order valence-corrected chi connectivity index (χ0v) is 11.4. The van der Waals surface area contributed by atoms with Crippen molar-refractivity contribution in [3.63, 3.8) is 0 Å². The number of nitrogens with two attached hydrogens (primary N) is 1. The minimum Gasteiger partial charge on any atom is -0.481 e. The van der Waals surface area contributed by atoms with Crippen LogP contribution in [0, 0.1) is 0 Å². The molecule has 1 atom stereocenters. The van der Waals surface area contributed by atoms with E-state index in [4.69, 9.17) is 10.5 Å². The normalized spacial score (nSPS) is 11.9. The van der Waals surface area contributed by atoms with Crippen LogP contribution in [0.5, 0.6) is 5.88 Å². The second kappa shape index (κ2) is 5.56. The highest BCUT2D eigenvalue weighted by molar-refractivity contribution is 5.44. The molecule has 0 spiro atoms. The third kappa shape index (κ3) is 2.93. The Balaban J connectivity index is 2.25. The van der Waals surface area contributed by atoms with Gasteiger partial charge in [-0.1, -0.05) is 12.1 Å². The average Bonchev–Trinajstić information content (AvgIpc) is 2.45. The molecule has 5 heteroatoms. The van der Waals surface area contributed by atoms with Gasteiger partial charge in [0, 0.05) is 25.0 Å². The fourth-order valence-corrected chi connectivity index (χ4v) is 1.83. The first-order valence-electron chi connectivity index (χ1n) is 6.07. The molecule has 0 saturated heterocycles. The first kappa shape index (κ1) is 13.1. The van der Waals surface area contributed by atoms with E-state index < -0.39 is 0 Å². The van der Waals surface area contributed by atoms with Crippen molar-refractivity contribution < 1.29 is 4.74 Å². The standard InChI is InChI=1S/C14H18N4O/c1-10(11-5-4-6-12(15)9-11)18(2)14-16-8-7-13(17-14)19-3/h4-10H,15H2,1-3H3. The Kier molecular flexibility index (Phi) is 3.85. The van der Waals surface area contributed by atoms with E-state index in [-0.39, 0.29) is 6.04 Å². The molecule has 2 aromatic rings. The predicted molar refractivity (Wildman–Crippen MR) is 76.3 cm³/mol. The molecular formula is C14H18N4O. The summed E-state index contributed by atoms with van der Waals surface area (Å²) in [5, 5.41) is 0. The molecule has 0 aliphatic rings. The molecule has 0 aliphatic heterocycles. The molecule has 100 valence electrons. The van der Waals surface area contributed by atoms with Gasteiger partial charge in [-0.2, -0.15) is 4.98 Å². The zero-order chi connectivity index (χ0) is 13.8. The second-order valence-corrected chi connectivity index (χ2v) is 4.36. The molecule has 1 aromatic heterocycles. The van der Waals surface area contributed by atoms with Gasteiger partial charge in [-0.15, -0.1) is 0 Å². The van der Waals surface area contributed by atoms with Crippen molar-refractivity contribution in [2.75, 3.05) is 24.8 Å². The minimum absolute atomic E-state index is 0.121. The van der Waals surface area contributed by atoms with Gasteiger partial charge in [0.2, 0.25) is 11.8 Å². The molecule has 0 bridgehead atoms. The molecule has 19 heavy (non-hydrogen) atoms. The average molecular weight is 258 g/mol. The Morgan fingerprint density at radius 2 is 2.11 bits per heavy atom. The largest absolute Gasteiger partial charge is 0.481 e. The lowest BCUT2D eigenvalue weighted by Gasteiger charge is -2.25. The number of aromatic nitrogens is 2. The van der Waals surface area contributed by atoms with Gasteiger partial charge in [0.15, 0.2) is 0 Å². The first-order chi connectivity index (χ1) is 9.11. The van der Waals surface area contributed by atoms with Crippen molar-refractivity contribution in [1.82, 2.24) is 9.97 Å². The molecular weight excluding hydrogens is 240 g/mol. The molecule has 1 heterocycles. The Morgan fingerprint density at radius 3 is 2.79 bits per heavy atom. The number of nitrogens with zero attached hydrogens (tertiary/aromatic N) is 3. The van der Waals surface area contributed by atoms with Gasteiger partial charge < -0.3 is 15.4 Å². The molecule has 0 fully saturated rings. The lowest BCUT2D eigenvalue weighted by Crippen LogP contribution is -2.23. The first-order valence-corrected chi connectivity index (χ1v) is 6.07. The number of ether oxygens (including phenoxy) is 1. The van der Waals surface area contributed by atoms with E-state index in [1.807, 2.05) is 36.2 Å². The highest BCUT2D eigenvalue weighted by atomic mass is 16.5. The number of hydrogen-bond acceptors (Lipinski definition) is 5. The lowest BCUT2D eigenvalue weighted by atomic mass is 10.1. The molecule has 1 unspecified atom stereocenters. The summed E-state index contributed by atoms with van der Waals surface area (Å²) in [5.74, 6) is 1.17. The summed E-state index contributed by atoms with van der Waals surface area (Å²) < 4.78 is 5.11. The van der Waals surface area contributed by atoms with Crippen molar-refractivity contribution in [1.29, 1.82) is 0 Å². The van der Waals surface area contributed by atoms with Gasteiger partial charge in [-0.05, 0) is 24.6 Å². The van der Waals surface area contributed by atoms with Crippen LogP contribution in [0.25, 0.3) is 0 Å². The molecule has 1 aromatic carbocycles. The summed E-state index contributed by atoms with van der Waals surface area (Å²) in [5.41, 5.74) is 7.68. The van der Waals surface area contributed by atoms with E-state index in [0.29, 0.717) is 11.8 Å². The Morgan fingerprint density at radius 1 is 1.32 bits per heavy atom. The molecule has 0 radical (unpaired) electrons. The van der Waals surface area contributed by atoms with Gasteiger partial charge in [0.05, 0.1) is 13.2 Å². The topological polar surface area (TPSA) is 64.3 Å². The summed E-state index contributed by atoms with van der Waals surface area (Å²) in [6.07, 6.45) is 1.68. The van der Waals surface area contributed by atoms with E-state index in [2.05, 4.69) is 16.9 Å². The van der Waals surface area contributed by atoms with Crippen LogP contribution in [-0.4, -0.2) is 24.1 Å². The SMILES string of the molecule is COc1ccnc(N(C)C(C)c2cccc(N)c2)n1. The Hall–Kier alpha value is -2.30. The number of nitrogen functional groups attached to an aromatic ring is 1. The van der Waals surface area contributed by atoms with E-state index in [1.54, 1.807) is 19.4 Å². The van der Waals surface area contributed by atoms with Crippen molar-refractivity contribution in [3.8, 4) is 5.88 Å². The monoisotopic (exact) mass is 258 g/mol. The number of benzene rings is 1. The number of methoxy groups -OCH3 is 1. The Bertz CT molecular complexity index is 559. The number of rotatable bonds is 4. The minimum atomic E-state index is 0.121. The van der Waals surface area contributed by atoms with Crippen molar-refractivity contribution in [3.05, 3.63) is 42.1 Å². The number of hydrogen-bond donors (Lipinski definition) is 1. The summed E-state index contributed by atoms with van der Waals surface area (Å²) >= 11 is 0. The van der Waals surface area contributed by atoms with Crippen molar-refractivity contribution in [2.24, 2.45) is 0 Å². The fraction of sp³-hybridized carbons (Fsp3) is 0.286. The molecule has 0 amide bonds. The smallest absolute Gasteiger partial charge is 0.228 e. The highest BCUT2D eigenvalue weighted by Gasteiger charge is 2.15. The molecule has 2 N–H and O–H groups in total. The van der Waals surface area contributed by atoms with Gasteiger partial charge >= 0.3 is 0 Å². The van der Waals surface area contributed by atoms with E-state index >= 15 is 0 Å². The summed E-state index contributed by atoms with van der Waals surface area (Å²) in [6.45, 7) is 2.08. The van der Waals surface area contributed by atoms with Gasteiger partial charge in [0.1, 0.15) is 0 Å². The molecule has 5 nitrogen and oxygen atoms in total. The molecule has 2 rings (SSSR count). The zero-order valence-electron chi connectivity index (χ0n) is 11.4. The molecule has 0 aliphatic carbocycles. The van der Waals surface area contributed by atoms with E-state index in [1.165, 1.54) is 0 Å². The Labute approximate surface area is 113 Å². The maximum atomic E-state index is 5.81. The highest BCUT2D eigenvalue weighted by Crippen LogP contribution is 2.24. The van der Waals surface area contributed by atoms with Crippen LogP contribution in [0.4, 0.5) is 11.6 Å². The van der Waals surface area contributed by atoms with Crippen LogP contribution < -0.4 is 15.4 Å². The second-order valence-electron chi connectivity index (χ2n) is 4.36. The van der Waals surface area contributed by atoms with Crippen LogP contribution in [0.15, 0.2) is 36.5 Å². The third-order valence-electron chi connectivity index (χ3n) is 3.12. The molecule has 0 saturated carbocycles. The summed E-state index contributed by atoms with van der Waals surface area (Å²) in [7, 11) is 3.54. The summed E-state index contributed by atoms with van der Waals surface area (Å²) in [6, 6.07) is 9.66. The van der Waals surface area contributed by atoms with Gasteiger partial charge in [-0.3, -0.25) is 0 Å². The van der Waals surface area contributed by atoms with Gasteiger partial charge in [0.25, 0.3) is 0 Å². The van der Waals surface area contributed by atoms with E-state index in [0.717, 1.165) is 11.3 Å². The van der Waals surface area contributed by atoms with Crippen LogP contribution >= 0.6 is 0 Å².